The minimum atomic E-state index is -1.61. The van der Waals surface area contributed by atoms with E-state index in [9.17, 15) is 14.1 Å². The van der Waals surface area contributed by atoms with Crippen LogP contribution in [0.3, 0.4) is 0 Å². The maximum absolute atomic E-state index is 11.5. The molecule has 22 heavy (non-hydrogen) atoms. The van der Waals surface area contributed by atoms with Gasteiger partial charge < -0.3 is 14.0 Å². The Labute approximate surface area is 140 Å². The predicted molar refractivity (Wildman–Crippen MR) is 91.2 cm³/mol. The zero-order valence-electron chi connectivity index (χ0n) is 12.8. The van der Waals surface area contributed by atoms with Gasteiger partial charge in [-0.2, -0.15) is 11.8 Å². The van der Waals surface area contributed by atoms with E-state index in [4.69, 9.17) is 16.6 Å². The Morgan fingerprint density at radius 3 is 2.09 bits per heavy atom. The molecule has 1 unspecified atom stereocenters. The minimum absolute atomic E-state index is 0.0805. The van der Waals surface area contributed by atoms with Crippen molar-refractivity contribution in [2.45, 2.75) is 19.8 Å². The molecular weight excluding hydrogens is 323 g/mol. The highest BCUT2D eigenvalue weighted by Gasteiger charge is 2.13. The second-order valence-electron chi connectivity index (χ2n) is 4.35. The first-order chi connectivity index (χ1) is 10.4. The summed E-state index contributed by atoms with van der Waals surface area (Å²) in [6.45, 7) is 9.55. The van der Waals surface area contributed by atoms with Gasteiger partial charge in [0, 0.05) is 11.3 Å². The van der Waals surface area contributed by atoms with Crippen molar-refractivity contribution in [3.63, 3.8) is 0 Å². The summed E-state index contributed by atoms with van der Waals surface area (Å²) in [6.07, 6.45) is 1.12. The van der Waals surface area contributed by atoms with Crippen LogP contribution in [0.15, 0.2) is 24.3 Å². The highest BCUT2D eigenvalue weighted by atomic mass is 32.2. The van der Waals surface area contributed by atoms with Crippen molar-refractivity contribution < 1.29 is 23.6 Å². The van der Waals surface area contributed by atoms with Gasteiger partial charge in [-0.3, -0.25) is 0 Å². The van der Waals surface area contributed by atoms with Gasteiger partial charge in [-0.15, -0.1) is 11.0 Å². The fraction of sp³-hybridized carbons (Fsp3) is 0.571. The predicted octanol–water partition coefficient (Wildman–Crippen LogP) is 1.55. The molecule has 122 valence electrons. The lowest BCUT2D eigenvalue weighted by atomic mass is 10.3. The molecule has 1 atom stereocenters. The summed E-state index contributed by atoms with van der Waals surface area (Å²) in [5, 5.41) is 0. The molecule has 0 spiro atoms. The zero-order valence-corrected chi connectivity index (χ0v) is 14.4. The lowest BCUT2D eigenvalue weighted by molar-refractivity contribution is -0.141. The van der Waals surface area contributed by atoms with Crippen LogP contribution in [0.2, 0.25) is 0 Å². The summed E-state index contributed by atoms with van der Waals surface area (Å²) in [5.74, 6) is 0.379. The normalized spacial score (nSPS) is 11.5. The Morgan fingerprint density at radius 1 is 1.14 bits per heavy atom. The van der Waals surface area contributed by atoms with Gasteiger partial charge in [0.25, 0.3) is 0 Å². The summed E-state index contributed by atoms with van der Waals surface area (Å²) < 4.78 is 20.7. The Bertz CT molecular complexity index is 399. The van der Waals surface area contributed by atoms with E-state index in [1.165, 1.54) is 0 Å². The molecule has 2 radical (unpaired) electrons. The highest BCUT2D eigenvalue weighted by molar-refractivity contribution is 8.12. The topological polar surface area (TPSA) is 75.7 Å². The molecule has 0 aromatic heterocycles. The largest absolute Gasteiger partial charge is 0.635 e. The number of hydrogen-bond acceptors (Lipinski definition) is 6. The van der Waals surface area contributed by atoms with Crippen LogP contribution in [0.5, 0.6) is 0 Å². The Hall–Kier alpha value is -0.855. The molecule has 8 heteroatoms. The van der Waals surface area contributed by atoms with Crippen molar-refractivity contribution in [3.8, 4) is 0 Å². The third kappa shape index (κ3) is 10.8. The maximum Gasteiger partial charge on any atom is 0.464 e. The van der Waals surface area contributed by atoms with Gasteiger partial charge in [-0.05, 0) is 18.6 Å². The van der Waals surface area contributed by atoms with E-state index >= 15 is 0 Å². The third-order valence-electron chi connectivity index (χ3n) is 2.38. The van der Waals surface area contributed by atoms with E-state index in [0.717, 1.165) is 5.75 Å². The van der Waals surface area contributed by atoms with Crippen molar-refractivity contribution in [1.82, 2.24) is 0 Å². The number of ether oxygens (including phenoxy) is 2. The standard InChI is InChI=1S/C14H21BO5S2/c1-4-21-9-11(2)13(16)19-7-5-6-8-20-14(17)12(3)10-22(15)18/h2-10H2,1H3. The average Bonchev–Trinajstić information content (AvgIpc) is 2.46. The van der Waals surface area contributed by atoms with Crippen LogP contribution in [0.1, 0.15) is 19.8 Å². The van der Waals surface area contributed by atoms with Crippen molar-refractivity contribution in [1.29, 1.82) is 0 Å². The van der Waals surface area contributed by atoms with Gasteiger partial charge >= 0.3 is 19.1 Å². The SMILES string of the molecule is [B][S+]([O-])CC(=C)C(=O)OCCCCOC(=O)C(=C)CSCC. The number of thioether (sulfide) groups is 1. The molecule has 5 nitrogen and oxygen atoms in total. The molecule has 0 rings (SSSR count). The van der Waals surface area contributed by atoms with E-state index in [-0.39, 0.29) is 24.5 Å². The van der Waals surface area contributed by atoms with Crippen LogP contribution in [0, 0.1) is 0 Å². The van der Waals surface area contributed by atoms with Crippen LogP contribution in [-0.4, -0.2) is 54.1 Å². The number of carbonyl (C=O) groups is 2. The van der Waals surface area contributed by atoms with Gasteiger partial charge in [-0.1, -0.05) is 20.1 Å². The van der Waals surface area contributed by atoms with E-state index < -0.39 is 23.0 Å². The number of carbonyl (C=O) groups excluding carboxylic acids is 2. The van der Waals surface area contributed by atoms with E-state index in [1.807, 2.05) is 6.92 Å². The number of unbranched alkanes of at least 4 members (excludes halogenated alkanes) is 1. The summed E-state index contributed by atoms with van der Waals surface area (Å²) >= 11 is -0.00184. The van der Waals surface area contributed by atoms with Crippen molar-refractivity contribution >= 4 is 41.9 Å². The molecular formula is C14H21BO5S2. The molecule has 0 bridgehead atoms. The smallest absolute Gasteiger partial charge is 0.464 e. The average molecular weight is 344 g/mol. The second kappa shape index (κ2) is 12.7. The van der Waals surface area contributed by atoms with Crippen molar-refractivity contribution in [2.24, 2.45) is 0 Å². The molecule has 0 aliphatic heterocycles. The molecule has 0 heterocycles. The lowest BCUT2D eigenvalue weighted by Gasteiger charge is -2.09. The van der Waals surface area contributed by atoms with Crippen LogP contribution in [-0.2, 0) is 30.1 Å². The van der Waals surface area contributed by atoms with Gasteiger partial charge in [0.05, 0.1) is 18.8 Å². The number of rotatable bonds is 12. The minimum Gasteiger partial charge on any atom is -0.635 e. The Morgan fingerprint density at radius 2 is 1.64 bits per heavy atom. The van der Waals surface area contributed by atoms with Crippen molar-refractivity contribution in [2.75, 3.05) is 30.5 Å². The summed E-state index contributed by atoms with van der Waals surface area (Å²) in [7, 11) is 5.06. The monoisotopic (exact) mass is 344 g/mol. The Kier molecular flexibility index (Phi) is 12.2. The number of esters is 2. The first kappa shape index (κ1) is 21.1. The maximum atomic E-state index is 11.5. The van der Waals surface area contributed by atoms with Crippen LogP contribution < -0.4 is 0 Å². The summed E-state index contributed by atoms with van der Waals surface area (Å²) in [4.78, 5) is 22.9. The van der Waals surface area contributed by atoms with Crippen molar-refractivity contribution in [3.05, 3.63) is 24.3 Å². The highest BCUT2D eigenvalue weighted by Crippen LogP contribution is 2.07. The first-order valence-corrected chi connectivity index (χ1v) is 9.32. The second-order valence-corrected chi connectivity index (χ2v) is 6.67. The summed E-state index contributed by atoms with van der Waals surface area (Å²) in [5.41, 5.74) is 0.529. The molecule has 0 aliphatic carbocycles. The van der Waals surface area contributed by atoms with Gasteiger partial charge in [0.1, 0.15) is 5.75 Å². The lowest BCUT2D eigenvalue weighted by Crippen LogP contribution is -2.16. The van der Waals surface area contributed by atoms with Crippen LogP contribution in [0.4, 0.5) is 0 Å². The van der Waals surface area contributed by atoms with Gasteiger partial charge in [0.15, 0.2) is 0 Å². The Balaban J connectivity index is 3.65. The van der Waals surface area contributed by atoms with E-state index in [1.54, 1.807) is 11.8 Å². The quantitative estimate of drug-likeness (QED) is 0.176. The fourth-order valence-corrected chi connectivity index (χ4v) is 2.28. The molecule has 0 saturated carbocycles. The molecule has 0 saturated heterocycles. The first-order valence-electron chi connectivity index (χ1n) is 6.78. The fourth-order valence-electron chi connectivity index (χ4n) is 1.25. The van der Waals surface area contributed by atoms with Gasteiger partial charge in [-0.25, -0.2) is 9.59 Å². The zero-order chi connectivity index (χ0) is 17.0. The molecule has 0 N–H and O–H groups in total. The molecule has 0 aromatic carbocycles. The van der Waals surface area contributed by atoms with E-state index in [0.29, 0.717) is 24.2 Å². The molecule has 0 fully saturated rings. The third-order valence-corrected chi connectivity index (χ3v) is 3.97. The number of hydrogen-bond donors (Lipinski definition) is 0. The van der Waals surface area contributed by atoms with Crippen LogP contribution >= 0.6 is 11.8 Å². The molecule has 0 aliphatic rings. The summed E-state index contributed by atoms with van der Waals surface area (Å²) in [6, 6.07) is 0. The van der Waals surface area contributed by atoms with Gasteiger partial charge in [0.2, 0.25) is 0 Å². The van der Waals surface area contributed by atoms with E-state index in [2.05, 4.69) is 13.2 Å². The molecule has 0 aromatic rings. The molecule has 0 amide bonds. The van der Waals surface area contributed by atoms with Crippen LogP contribution in [0.25, 0.3) is 0 Å².